The zero-order chi connectivity index (χ0) is 49.2. The quantitative estimate of drug-likeness (QED) is 0.0510. The van der Waals surface area contributed by atoms with Gasteiger partial charge in [0, 0.05) is 11.6 Å². The molecule has 27 heteroatoms. The summed E-state index contributed by atoms with van der Waals surface area (Å²) in [4.78, 5) is 0. The second kappa shape index (κ2) is 17.7. The number of para-hydroxylation sites is 1. The van der Waals surface area contributed by atoms with Crippen LogP contribution in [0.25, 0.3) is 10.2 Å². The number of hydrogen-bond acceptors (Lipinski definition) is 2. The molecule has 0 atom stereocenters. The minimum atomic E-state index is -7.22. The van der Waals surface area contributed by atoms with Gasteiger partial charge in [0.25, 0.3) is 0 Å². The number of hydrogen-bond donors (Lipinski definition) is 0. The molecule has 0 N–H and O–H groups in total. The first-order valence-corrected chi connectivity index (χ1v) is 18.0. The molecular formula is C39H11BF23NOS. The Morgan fingerprint density at radius 2 is 0.652 bits per heavy atom. The van der Waals surface area contributed by atoms with E-state index in [-0.39, 0.29) is 5.19 Å². The lowest BCUT2D eigenvalue weighted by Gasteiger charge is -2.44. The Morgan fingerprint density at radius 3 is 0.955 bits per heavy atom. The molecule has 0 aliphatic rings. The van der Waals surface area contributed by atoms with Crippen LogP contribution in [0.4, 0.5) is 101 Å². The second-order valence-electron chi connectivity index (χ2n) is 13.3. The van der Waals surface area contributed by atoms with Crippen molar-refractivity contribution in [2.75, 3.05) is 0 Å². The summed E-state index contributed by atoms with van der Waals surface area (Å²) in [6.45, 7) is 0.330. The Morgan fingerprint density at radius 1 is 0.379 bits per heavy atom. The van der Waals surface area contributed by atoms with Gasteiger partial charge in [-0.25, -0.2) is 87.8 Å². The smallest absolute Gasteiger partial charge is 0.342 e. The second-order valence-corrected chi connectivity index (χ2v) is 14.2. The van der Waals surface area contributed by atoms with Crippen molar-refractivity contribution in [2.24, 2.45) is 0 Å². The Bertz CT molecular complexity index is 2700. The van der Waals surface area contributed by atoms with Gasteiger partial charge in [-0.15, -0.1) is 39.6 Å². The monoisotopic (exact) mass is 989 g/mol. The highest BCUT2D eigenvalue weighted by Gasteiger charge is 2.52. The molecule has 0 saturated heterocycles. The molecule has 66 heavy (non-hydrogen) atoms. The minimum Gasteiger partial charge on any atom is -0.342 e. The van der Waals surface area contributed by atoms with Gasteiger partial charge in [-0.1, -0.05) is 42.5 Å². The van der Waals surface area contributed by atoms with Gasteiger partial charge in [-0.05, 0) is 17.4 Å². The molecule has 7 aromatic rings. The van der Waals surface area contributed by atoms with Crippen molar-refractivity contribution >= 4 is 49.6 Å². The Kier molecular flexibility index (Phi) is 13.1. The maximum absolute atomic E-state index is 15.4. The molecule has 7 rings (SSSR count). The van der Waals surface area contributed by atoms with Crippen LogP contribution in [-0.4, -0.2) is 12.5 Å². The van der Waals surface area contributed by atoms with Crippen LogP contribution < -0.4 is 31.2 Å². The van der Waals surface area contributed by atoms with Crippen LogP contribution >= 0.6 is 11.3 Å². The summed E-state index contributed by atoms with van der Waals surface area (Å²) in [6.07, 6.45) is -11.9. The molecule has 0 radical (unpaired) electrons. The first-order chi connectivity index (χ1) is 30.7. The third-order valence-corrected chi connectivity index (χ3v) is 10.7. The normalized spacial score (nSPS) is 11.9. The van der Waals surface area contributed by atoms with Crippen molar-refractivity contribution in [3.05, 3.63) is 177 Å². The van der Waals surface area contributed by atoms with E-state index in [9.17, 15) is 65.9 Å². The average Bonchev–Trinajstić information content (AvgIpc) is 3.61. The van der Waals surface area contributed by atoms with Gasteiger partial charge < -0.3 is 4.74 Å². The number of thiazole rings is 1. The largest absolute Gasteiger partial charge is 0.577 e. The van der Waals surface area contributed by atoms with E-state index >= 15 is 35.1 Å². The highest BCUT2D eigenvalue weighted by atomic mass is 32.1. The van der Waals surface area contributed by atoms with Gasteiger partial charge in [-0.3, -0.25) is 0 Å². The van der Waals surface area contributed by atoms with Gasteiger partial charge in [0.15, 0.2) is 76.4 Å². The zero-order valence-electron chi connectivity index (χ0n) is 30.9. The van der Waals surface area contributed by atoms with Gasteiger partial charge in [0.05, 0.1) is 0 Å². The van der Waals surface area contributed by atoms with Crippen LogP contribution in [0.15, 0.2) is 54.6 Å². The molecule has 0 aliphatic heterocycles. The van der Waals surface area contributed by atoms with E-state index in [1.54, 1.807) is 28.8 Å². The highest BCUT2D eigenvalue weighted by Crippen LogP contribution is 2.33. The number of ether oxygens (including phenoxy) is 1. The lowest BCUT2D eigenvalue weighted by molar-refractivity contribution is -0.668. The molecule has 0 amide bonds. The fraction of sp³-hybridized carbons (Fsp3) is 0.0513. The van der Waals surface area contributed by atoms with Crippen molar-refractivity contribution in [2.45, 2.75) is 12.9 Å². The van der Waals surface area contributed by atoms with Crippen LogP contribution in [0.1, 0.15) is 5.56 Å². The summed E-state index contributed by atoms with van der Waals surface area (Å²) in [6, 6.07) is 16.5. The van der Waals surface area contributed by atoms with Gasteiger partial charge in [-0.2, -0.15) is 0 Å². The fourth-order valence-electron chi connectivity index (χ4n) is 6.98. The number of rotatable bonds is 7. The van der Waals surface area contributed by atoms with Gasteiger partial charge in [0.2, 0.25) is 5.52 Å². The number of benzene rings is 6. The van der Waals surface area contributed by atoms with Gasteiger partial charge >= 0.3 is 11.6 Å². The molecule has 6 aromatic carbocycles. The molecule has 0 unspecified atom stereocenters. The first-order valence-electron chi connectivity index (χ1n) is 17.2. The summed E-state index contributed by atoms with van der Waals surface area (Å²) in [5, 5.41) is -0.160. The van der Waals surface area contributed by atoms with Crippen molar-refractivity contribution in [1.82, 2.24) is 0 Å². The molecule has 0 fully saturated rings. The molecule has 1 heterocycles. The number of aromatic nitrogens is 1. The predicted octanol–water partition coefficient (Wildman–Crippen LogP) is 9.98. The van der Waals surface area contributed by atoms with E-state index in [4.69, 9.17) is 0 Å². The predicted molar refractivity (Wildman–Crippen MR) is 183 cm³/mol. The molecule has 0 spiro atoms. The van der Waals surface area contributed by atoms with Gasteiger partial charge in [0.1, 0.15) is 57.4 Å². The van der Waals surface area contributed by atoms with Crippen LogP contribution in [0, 0.1) is 116 Å². The third kappa shape index (κ3) is 7.78. The van der Waals surface area contributed by atoms with Crippen molar-refractivity contribution in [1.29, 1.82) is 0 Å². The average molecular weight is 989 g/mol. The Hall–Kier alpha value is -6.54. The van der Waals surface area contributed by atoms with E-state index in [2.05, 4.69) is 4.74 Å². The summed E-state index contributed by atoms with van der Waals surface area (Å²) in [7, 11) is 0. The van der Waals surface area contributed by atoms with E-state index < -0.39 is 151 Å². The van der Waals surface area contributed by atoms with Crippen LogP contribution in [0.2, 0.25) is 0 Å². The molecule has 1 aromatic heterocycles. The number of fused-ring (bicyclic) bond motifs is 1. The van der Waals surface area contributed by atoms with E-state index in [1.807, 2.05) is 30.3 Å². The zero-order valence-corrected chi connectivity index (χ0v) is 31.8. The number of nitrogens with zero attached hydrogens (tertiary/aromatic N) is 1. The van der Waals surface area contributed by atoms with E-state index in [1.165, 1.54) is 0 Å². The molecule has 0 saturated carbocycles. The molecule has 348 valence electrons. The van der Waals surface area contributed by atoms with Crippen LogP contribution in [0.3, 0.4) is 0 Å². The molecule has 2 nitrogen and oxygen atoms in total. The van der Waals surface area contributed by atoms with Crippen LogP contribution in [-0.2, 0) is 6.54 Å². The molecular weight excluding hydrogens is 978 g/mol. The summed E-state index contributed by atoms with van der Waals surface area (Å²) in [5.74, 6) is -71.4. The summed E-state index contributed by atoms with van der Waals surface area (Å²) >= 11 is 0.991. The Labute approximate surface area is 354 Å². The maximum Gasteiger partial charge on any atom is 0.577 e. The van der Waals surface area contributed by atoms with Crippen molar-refractivity contribution in [3.63, 3.8) is 0 Å². The Balaban J connectivity index is 0.000000284. The minimum absolute atomic E-state index is 0.160. The maximum atomic E-state index is 15.4. The van der Waals surface area contributed by atoms with E-state index in [0.29, 0.717) is 6.54 Å². The topological polar surface area (TPSA) is 13.1 Å². The molecule has 0 bridgehead atoms. The van der Waals surface area contributed by atoms with Crippen molar-refractivity contribution in [3.8, 4) is 5.19 Å². The molecule has 0 aliphatic carbocycles. The van der Waals surface area contributed by atoms with Crippen molar-refractivity contribution < 1.29 is 110 Å². The van der Waals surface area contributed by atoms with E-state index in [0.717, 1.165) is 27.1 Å². The standard InChI is InChI=1S/C24BF20.C15H11F3NOS/c26-5-1(6(27)14(35)21(42)13(5)34)25(2-7(28)15(36)22(43)16(37)8(2)29,3-9(30)17(38)23(44)18(39)10(3)31)4-11(32)19(40)24(45)20(41)12(4)33;16-15(17,18)20-14-19(10-11-6-2-1-3-7-11)12-8-4-5-9-13(12)21-14/h;1-9H,10H2/q-1;+1. The lowest BCUT2D eigenvalue weighted by Crippen LogP contribution is -2.81. The summed E-state index contributed by atoms with van der Waals surface area (Å²) < 4.78 is 338. The van der Waals surface area contributed by atoms with Crippen LogP contribution in [0.5, 0.6) is 5.19 Å². The summed E-state index contributed by atoms with van der Waals surface area (Å²) in [5.41, 5.74) is -12.7. The number of alkyl halides is 3. The fourth-order valence-corrected chi connectivity index (χ4v) is 8.01. The highest BCUT2D eigenvalue weighted by molar-refractivity contribution is 7.20. The third-order valence-electron chi connectivity index (χ3n) is 9.67. The lowest BCUT2D eigenvalue weighted by atomic mass is 9.12. The SMILES string of the molecule is FC(F)(F)Oc1sc2ccccc2[n+]1Cc1ccccc1.Fc1c(F)c(F)c([B-](c2c(F)c(F)c(F)c(F)c2F)(c2c(F)c(F)c(F)c(F)c2F)c2c(F)c(F)c(F)c(F)c2F)c(F)c1F. The number of halogens is 23. The first kappa shape index (κ1) is 48.9.